The van der Waals surface area contributed by atoms with Crippen LogP contribution in [0.15, 0.2) is 24.3 Å². The van der Waals surface area contributed by atoms with Gasteiger partial charge in [-0.3, -0.25) is 4.79 Å². The highest BCUT2D eigenvalue weighted by molar-refractivity contribution is 5.89. The molecule has 3 nitrogen and oxygen atoms in total. The lowest BCUT2D eigenvalue weighted by molar-refractivity contribution is -0.114. The van der Waals surface area contributed by atoms with Crippen molar-refractivity contribution >= 4 is 11.6 Å². The molecule has 1 aromatic rings. The van der Waals surface area contributed by atoms with Crippen LogP contribution in [-0.2, 0) is 11.3 Å². The van der Waals surface area contributed by atoms with Crippen LogP contribution >= 0.6 is 0 Å². The van der Waals surface area contributed by atoms with Gasteiger partial charge in [0.2, 0.25) is 5.91 Å². The number of carbonyl (C=O) groups excluding carboxylic acids is 1. The average Bonchev–Trinajstić information content (AvgIpc) is 2.29. The molecule has 1 rings (SSSR count). The summed E-state index contributed by atoms with van der Waals surface area (Å²) in [4.78, 5) is 11.1. The smallest absolute Gasteiger partial charge is 0.221 e. The van der Waals surface area contributed by atoms with E-state index < -0.39 is 0 Å². The van der Waals surface area contributed by atoms with Gasteiger partial charge in [0, 0.05) is 19.2 Å². The molecular formula is C15H24N2O. The maximum Gasteiger partial charge on any atom is 0.221 e. The monoisotopic (exact) mass is 248 g/mol. The van der Waals surface area contributed by atoms with Crippen molar-refractivity contribution in [3.8, 4) is 0 Å². The molecule has 3 heteroatoms. The molecule has 0 aliphatic heterocycles. The van der Waals surface area contributed by atoms with Gasteiger partial charge in [0.05, 0.1) is 0 Å². The topological polar surface area (TPSA) is 41.1 Å². The van der Waals surface area contributed by atoms with E-state index in [-0.39, 0.29) is 5.91 Å². The predicted molar refractivity (Wildman–Crippen MR) is 76.5 cm³/mol. The summed E-state index contributed by atoms with van der Waals surface area (Å²) in [5.74, 6) is 0.737. The Morgan fingerprint density at radius 3 is 2.67 bits per heavy atom. The third-order valence-corrected chi connectivity index (χ3v) is 2.78. The van der Waals surface area contributed by atoms with E-state index in [9.17, 15) is 4.79 Å². The zero-order valence-electron chi connectivity index (χ0n) is 11.6. The van der Waals surface area contributed by atoms with Crippen molar-refractivity contribution in [1.82, 2.24) is 5.32 Å². The number of benzene rings is 1. The van der Waals surface area contributed by atoms with Gasteiger partial charge < -0.3 is 10.6 Å². The molecule has 0 aromatic heterocycles. The van der Waals surface area contributed by atoms with E-state index in [1.54, 1.807) is 0 Å². The molecule has 0 saturated carbocycles. The van der Waals surface area contributed by atoms with E-state index in [2.05, 4.69) is 24.5 Å². The number of nitrogens with one attached hydrogen (secondary N) is 2. The van der Waals surface area contributed by atoms with Crippen molar-refractivity contribution < 1.29 is 4.79 Å². The highest BCUT2D eigenvalue weighted by Crippen LogP contribution is 2.14. The summed E-state index contributed by atoms with van der Waals surface area (Å²) in [6, 6.07) is 7.91. The lowest BCUT2D eigenvalue weighted by atomic mass is 10.1. The molecule has 0 saturated heterocycles. The number of para-hydroxylation sites is 1. The van der Waals surface area contributed by atoms with Crippen LogP contribution in [0.3, 0.4) is 0 Å². The first-order valence-electron chi connectivity index (χ1n) is 6.66. The summed E-state index contributed by atoms with van der Waals surface area (Å²) < 4.78 is 0. The van der Waals surface area contributed by atoms with E-state index >= 15 is 0 Å². The van der Waals surface area contributed by atoms with Crippen LogP contribution in [0.2, 0.25) is 0 Å². The lowest BCUT2D eigenvalue weighted by Gasteiger charge is -2.11. The molecule has 2 N–H and O–H groups in total. The van der Waals surface area contributed by atoms with E-state index in [1.165, 1.54) is 19.8 Å². The van der Waals surface area contributed by atoms with Crippen LogP contribution in [0.25, 0.3) is 0 Å². The minimum Gasteiger partial charge on any atom is -0.326 e. The molecule has 0 fully saturated rings. The SMILES string of the molecule is CC(=O)Nc1ccccc1CNCCCC(C)C. The normalized spacial score (nSPS) is 10.7. The number of hydrogen-bond acceptors (Lipinski definition) is 2. The van der Waals surface area contributed by atoms with Crippen molar-refractivity contribution in [1.29, 1.82) is 0 Å². The summed E-state index contributed by atoms with van der Waals surface area (Å²) >= 11 is 0. The Morgan fingerprint density at radius 1 is 1.28 bits per heavy atom. The highest BCUT2D eigenvalue weighted by Gasteiger charge is 2.02. The van der Waals surface area contributed by atoms with Crippen LogP contribution in [0.5, 0.6) is 0 Å². The standard InChI is InChI=1S/C15H24N2O/c1-12(2)7-6-10-16-11-14-8-4-5-9-15(14)17-13(3)18/h4-5,8-9,12,16H,6-7,10-11H2,1-3H3,(H,17,18). The first kappa shape index (κ1) is 14.7. The average molecular weight is 248 g/mol. The molecule has 0 bridgehead atoms. The summed E-state index contributed by atoms with van der Waals surface area (Å²) in [6.07, 6.45) is 2.44. The second-order valence-corrected chi connectivity index (χ2v) is 5.05. The van der Waals surface area contributed by atoms with Gasteiger partial charge in [-0.15, -0.1) is 0 Å². The van der Waals surface area contributed by atoms with Crippen molar-refractivity contribution in [2.75, 3.05) is 11.9 Å². The second kappa shape index (κ2) is 7.88. The van der Waals surface area contributed by atoms with E-state index in [0.717, 1.165) is 30.3 Å². The first-order valence-corrected chi connectivity index (χ1v) is 6.66. The molecule has 0 atom stereocenters. The third kappa shape index (κ3) is 5.82. The number of amides is 1. The molecule has 100 valence electrons. The first-order chi connectivity index (χ1) is 8.59. The van der Waals surface area contributed by atoms with Crippen LogP contribution in [0.4, 0.5) is 5.69 Å². The van der Waals surface area contributed by atoms with Gasteiger partial charge in [0.1, 0.15) is 0 Å². The van der Waals surface area contributed by atoms with Crippen molar-refractivity contribution in [3.63, 3.8) is 0 Å². The second-order valence-electron chi connectivity index (χ2n) is 5.05. The maximum atomic E-state index is 11.1. The fourth-order valence-corrected chi connectivity index (χ4v) is 1.84. The molecule has 0 radical (unpaired) electrons. The van der Waals surface area contributed by atoms with Gasteiger partial charge >= 0.3 is 0 Å². The number of carbonyl (C=O) groups is 1. The Morgan fingerprint density at radius 2 is 2.00 bits per heavy atom. The van der Waals surface area contributed by atoms with Crippen molar-refractivity contribution in [2.24, 2.45) is 5.92 Å². The van der Waals surface area contributed by atoms with E-state index in [4.69, 9.17) is 0 Å². The summed E-state index contributed by atoms with van der Waals surface area (Å²) in [6.45, 7) is 7.84. The number of anilines is 1. The van der Waals surface area contributed by atoms with Crippen LogP contribution in [-0.4, -0.2) is 12.5 Å². The minimum absolute atomic E-state index is 0.0257. The lowest BCUT2D eigenvalue weighted by Crippen LogP contribution is -2.17. The molecule has 18 heavy (non-hydrogen) atoms. The Kier molecular flexibility index (Phi) is 6.44. The van der Waals surface area contributed by atoms with Gasteiger partial charge in [-0.2, -0.15) is 0 Å². The molecule has 0 spiro atoms. The number of rotatable bonds is 7. The maximum absolute atomic E-state index is 11.1. The Hall–Kier alpha value is -1.35. The molecule has 1 aromatic carbocycles. The predicted octanol–water partition coefficient (Wildman–Crippen LogP) is 3.17. The minimum atomic E-state index is -0.0257. The zero-order chi connectivity index (χ0) is 13.4. The Labute approximate surface area is 110 Å². The van der Waals surface area contributed by atoms with E-state index in [1.807, 2.05) is 24.3 Å². The highest BCUT2D eigenvalue weighted by atomic mass is 16.1. The van der Waals surface area contributed by atoms with Crippen LogP contribution in [0.1, 0.15) is 39.2 Å². The van der Waals surface area contributed by atoms with Gasteiger partial charge in [-0.25, -0.2) is 0 Å². The van der Waals surface area contributed by atoms with Gasteiger partial charge in [-0.1, -0.05) is 32.0 Å². The summed E-state index contributed by atoms with van der Waals surface area (Å²) in [7, 11) is 0. The van der Waals surface area contributed by atoms with E-state index in [0.29, 0.717) is 0 Å². The van der Waals surface area contributed by atoms with Crippen molar-refractivity contribution in [3.05, 3.63) is 29.8 Å². The number of hydrogen-bond donors (Lipinski definition) is 2. The molecule has 0 unspecified atom stereocenters. The van der Waals surface area contributed by atoms with Crippen molar-refractivity contribution in [2.45, 2.75) is 40.2 Å². The van der Waals surface area contributed by atoms with Crippen LogP contribution < -0.4 is 10.6 Å². The van der Waals surface area contributed by atoms with Crippen LogP contribution in [0, 0.1) is 5.92 Å². The third-order valence-electron chi connectivity index (χ3n) is 2.78. The van der Waals surface area contributed by atoms with Gasteiger partial charge in [-0.05, 0) is 36.9 Å². The molecular weight excluding hydrogens is 224 g/mol. The molecule has 1 amide bonds. The fourth-order valence-electron chi connectivity index (χ4n) is 1.84. The summed E-state index contributed by atoms with van der Waals surface area (Å²) in [5, 5.41) is 6.27. The molecule has 0 aliphatic carbocycles. The largest absolute Gasteiger partial charge is 0.326 e. The Balaban J connectivity index is 2.39. The summed E-state index contributed by atoms with van der Waals surface area (Å²) in [5.41, 5.74) is 2.04. The van der Waals surface area contributed by atoms with Gasteiger partial charge in [0.25, 0.3) is 0 Å². The quantitative estimate of drug-likeness (QED) is 0.728. The zero-order valence-corrected chi connectivity index (χ0v) is 11.6. The molecule has 0 heterocycles. The Bertz CT molecular complexity index is 375. The molecule has 0 aliphatic rings. The van der Waals surface area contributed by atoms with Gasteiger partial charge in [0.15, 0.2) is 0 Å². The fraction of sp³-hybridized carbons (Fsp3) is 0.533.